The average molecular weight is 255 g/mol. The molecular weight excluding hydrogens is 236 g/mol. The molecular formula is C14H19F2NO. The molecule has 1 N–H and O–H groups in total. The van der Waals surface area contributed by atoms with E-state index < -0.39 is 11.6 Å². The summed E-state index contributed by atoms with van der Waals surface area (Å²) in [6, 6.07) is 4.59. The zero-order chi connectivity index (χ0) is 13.0. The van der Waals surface area contributed by atoms with Crippen molar-refractivity contribution in [3.63, 3.8) is 0 Å². The van der Waals surface area contributed by atoms with Gasteiger partial charge in [-0.1, -0.05) is 18.6 Å². The van der Waals surface area contributed by atoms with Crippen LogP contribution in [0.15, 0.2) is 18.2 Å². The zero-order valence-corrected chi connectivity index (χ0v) is 10.4. The number of likely N-dealkylation sites (tertiary alicyclic amines) is 1. The molecule has 1 aliphatic heterocycles. The van der Waals surface area contributed by atoms with E-state index in [1.165, 1.54) is 0 Å². The fourth-order valence-electron chi connectivity index (χ4n) is 2.63. The summed E-state index contributed by atoms with van der Waals surface area (Å²) in [6.45, 7) is 1.46. The van der Waals surface area contributed by atoms with Crippen LogP contribution in [0.5, 0.6) is 0 Å². The Balaban J connectivity index is 2.08. The first-order chi connectivity index (χ1) is 8.72. The second-order valence-corrected chi connectivity index (χ2v) is 4.85. The van der Waals surface area contributed by atoms with Crippen LogP contribution >= 0.6 is 0 Å². The van der Waals surface area contributed by atoms with Gasteiger partial charge in [0.1, 0.15) is 0 Å². The highest BCUT2D eigenvalue weighted by Crippen LogP contribution is 2.23. The Bertz CT molecular complexity index is 395. The van der Waals surface area contributed by atoms with Crippen LogP contribution in [0.4, 0.5) is 8.78 Å². The molecule has 1 aliphatic rings. The van der Waals surface area contributed by atoms with Gasteiger partial charge < -0.3 is 5.11 Å². The number of nitrogens with zero attached hydrogens (tertiary/aromatic N) is 1. The van der Waals surface area contributed by atoms with Crippen molar-refractivity contribution in [2.45, 2.75) is 38.3 Å². The number of aliphatic hydroxyl groups excluding tert-OH is 1. The van der Waals surface area contributed by atoms with E-state index in [0.717, 1.165) is 31.9 Å². The summed E-state index contributed by atoms with van der Waals surface area (Å²) < 4.78 is 26.8. The molecule has 0 aromatic heterocycles. The number of benzene rings is 1. The summed E-state index contributed by atoms with van der Waals surface area (Å²) >= 11 is 0. The van der Waals surface area contributed by atoms with Crippen molar-refractivity contribution in [2.75, 3.05) is 13.2 Å². The van der Waals surface area contributed by atoms with Crippen LogP contribution in [0.3, 0.4) is 0 Å². The number of hydrogen-bond donors (Lipinski definition) is 1. The Labute approximate surface area is 106 Å². The third kappa shape index (κ3) is 3.06. The molecule has 0 saturated carbocycles. The summed E-state index contributed by atoms with van der Waals surface area (Å²) in [5, 5.41) is 9.04. The van der Waals surface area contributed by atoms with Gasteiger partial charge >= 0.3 is 0 Å². The molecule has 1 aromatic carbocycles. The van der Waals surface area contributed by atoms with Gasteiger partial charge in [0.15, 0.2) is 11.6 Å². The Kier molecular flexibility index (Phi) is 4.66. The van der Waals surface area contributed by atoms with Gasteiger partial charge in [-0.3, -0.25) is 4.90 Å². The molecule has 4 heteroatoms. The molecule has 2 nitrogen and oxygen atoms in total. The lowest BCUT2D eigenvalue weighted by Crippen LogP contribution is -2.39. The van der Waals surface area contributed by atoms with Gasteiger partial charge in [0.2, 0.25) is 0 Å². The highest BCUT2D eigenvalue weighted by Gasteiger charge is 2.23. The molecule has 1 atom stereocenters. The minimum Gasteiger partial charge on any atom is -0.396 e. The number of hydrogen-bond acceptors (Lipinski definition) is 2. The number of rotatable bonds is 4. The van der Waals surface area contributed by atoms with Gasteiger partial charge in [-0.25, -0.2) is 8.78 Å². The number of piperidine rings is 1. The lowest BCUT2D eigenvalue weighted by Gasteiger charge is -2.35. The summed E-state index contributed by atoms with van der Waals surface area (Å²) in [4.78, 5) is 2.15. The first-order valence-electron chi connectivity index (χ1n) is 6.50. The largest absolute Gasteiger partial charge is 0.396 e. The van der Waals surface area contributed by atoms with E-state index in [0.29, 0.717) is 18.5 Å². The molecule has 0 bridgehead atoms. The maximum atomic E-state index is 13.6. The predicted octanol–water partition coefficient (Wildman–Crippen LogP) is 2.70. The Morgan fingerprint density at radius 1 is 1.28 bits per heavy atom. The molecule has 1 aromatic rings. The van der Waals surface area contributed by atoms with Crippen molar-refractivity contribution in [1.82, 2.24) is 4.90 Å². The summed E-state index contributed by atoms with van der Waals surface area (Å²) in [7, 11) is 0. The lowest BCUT2D eigenvalue weighted by atomic mass is 9.98. The number of halogens is 2. The van der Waals surface area contributed by atoms with E-state index in [2.05, 4.69) is 4.90 Å². The van der Waals surface area contributed by atoms with Crippen molar-refractivity contribution in [3.8, 4) is 0 Å². The predicted molar refractivity (Wildman–Crippen MR) is 66.1 cm³/mol. The highest BCUT2D eigenvalue weighted by atomic mass is 19.2. The molecule has 0 spiro atoms. The second-order valence-electron chi connectivity index (χ2n) is 4.85. The Hall–Kier alpha value is -1.00. The third-order valence-electron chi connectivity index (χ3n) is 3.62. The molecule has 100 valence electrons. The summed E-state index contributed by atoms with van der Waals surface area (Å²) in [5.41, 5.74) is 0.403. The van der Waals surface area contributed by atoms with Crippen molar-refractivity contribution < 1.29 is 13.9 Å². The van der Waals surface area contributed by atoms with Gasteiger partial charge in [0, 0.05) is 24.8 Å². The molecule has 2 rings (SSSR count). The maximum Gasteiger partial charge on any atom is 0.163 e. The fraction of sp³-hybridized carbons (Fsp3) is 0.571. The van der Waals surface area contributed by atoms with E-state index in [9.17, 15) is 8.78 Å². The van der Waals surface area contributed by atoms with Crippen LogP contribution in [-0.4, -0.2) is 29.2 Å². The third-order valence-corrected chi connectivity index (χ3v) is 3.62. The van der Waals surface area contributed by atoms with E-state index in [4.69, 9.17) is 5.11 Å². The fourth-order valence-corrected chi connectivity index (χ4v) is 2.63. The highest BCUT2D eigenvalue weighted by molar-refractivity contribution is 5.19. The molecule has 1 saturated heterocycles. The summed E-state index contributed by atoms with van der Waals surface area (Å²) in [5.74, 6) is -1.53. The Morgan fingerprint density at radius 3 is 2.89 bits per heavy atom. The molecule has 1 heterocycles. The van der Waals surface area contributed by atoms with Gasteiger partial charge in [-0.2, -0.15) is 0 Å². The van der Waals surface area contributed by atoms with E-state index in [-0.39, 0.29) is 12.6 Å². The van der Waals surface area contributed by atoms with E-state index in [1.807, 2.05) is 0 Å². The average Bonchev–Trinajstić information content (AvgIpc) is 2.37. The molecule has 1 unspecified atom stereocenters. The van der Waals surface area contributed by atoms with Gasteiger partial charge in [0.05, 0.1) is 0 Å². The minimum atomic E-state index is -0.789. The van der Waals surface area contributed by atoms with Crippen LogP contribution in [0.25, 0.3) is 0 Å². The van der Waals surface area contributed by atoms with E-state index >= 15 is 0 Å². The first kappa shape index (κ1) is 13.4. The Morgan fingerprint density at radius 2 is 2.11 bits per heavy atom. The monoisotopic (exact) mass is 255 g/mol. The molecule has 1 fully saturated rings. The van der Waals surface area contributed by atoms with Gasteiger partial charge in [-0.05, 0) is 31.9 Å². The second kappa shape index (κ2) is 6.25. The first-order valence-corrected chi connectivity index (χ1v) is 6.50. The van der Waals surface area contributed by atoms with Crippen LogP contribution in [0, 0.1) is 11.6 Å². The van der Waals surface area contributed by atoms with E-state index in [1.54, 1.807) is 12.1 Å². The van der Waals surface area contributed by atoms with Crippen molar-refractivity contribution in [2.24, 2.45) is 0 Å². The smallest absolute Gasteiger partial charge is 0.163 e. The topological polar surface area (TPSA) is 23.5 Å². The quantitative estimate of drug-likeness (QED) is 0.894. The zero-order valence-electron chi connectivity index (χ0n) is 10.4. The van der Waals surface area contributed by atoms with Gasteiger partial charge in [-0.15, -0.1) is 0 Å². The minimum absolute atomic E-state index is 0.146. The SMILES string of the molecule is OCCC1CCCCN1Cc1cccc(F)c1F. The van der Waals surface area contributed by atoms with Crippen LogP contribution in [0.2, 0.25) is 0 Å². The molecule has 0 aliphatic carbocycles. The standard InChI is InChI=1S/C14H19F2NO/c15-13-6-3-4-11(14(13)16)10-17-8-2-1-5-12(17)7-9-18/h3-4,6,12,18H,1-2,5,7-10H2. The maximum absolute atomic E-state index is 13.6. The van der Waals surface area contributed by atoms with Crippen molar-refractivity contribution >= 4 is 0 Å². The van der Waals surface area contributed by atoms with Crippen LogP contribution in [0.1, 0.15) is 31.2 Å². The normalized spacial score (nSPS) is 21.2. The molecule has 18 heavy (non-hydrogen) atoms. The van der Waals surface area contributed by atoms with Gasteiger partial charge in [0.25, 0.3) is 0 Å². The number of aliphatic hydroxyl groups is 1. The lowest BCUT2D eigenvalue weighted by molar-refractivity contribution is 0.111. The van der Waals surface area contributed by atoms with Crippen LogP contribution < -0.4 is 0 Å². The van der Waals surface area contributed by atoms with Crippen molar-refractivity contribution in [1.29, 1.82) is 0 Å². The summed E-state index contributed by atoms with van der Waals surface area (Å²) in [6.07, 6.45) is 3.96. The molecule has 0 radical (unpaired) electrons. The molecule has 0 amide bonds. The van der Waals surface area contributed by atoms with Crippen LogP contribution in [-0.2, 0) is 6.54 Å². The van der Waals surface area contributed by atoms with Crippen molar-refractivity contribution in [3.05, 3.63) is 35.4 Å².